The highest BCUT2D eigenvalue weighted by Gasteiger charge is 2.32. The van der Waals surface area contributed by atoms with Crippen LogP contribution in [-0.2, 0) is 4.79 Å². The Hall–Kier alpha value is 1.76. The Bertz CT molecular complexity index is 187. The molecule has 0 aliphatic rings. The molecule has 4 N–H and O–H groups in total. The molecule has 0 radical (unpaired) electrons. The molecule has 0 atom stereocenters. The van der Waals surface area contributed by atoms with Crippen molar-refractivity contribution in [3.05, 3.63) is 0 Å². The molecular weight excluding hydrogens is 524 g/mol. The van der Waals surface area contributed by atoms with Crippen molar-refractivity contribution < 1.29 is 4.79 Å². The van der Waals surface area contributed by atoms with Gasteiger partial charge in [0.05, 0.1) is 0 Å². The van der Waals surface area contributed by atoms with Crippen LogP contribution in [0.2, 0.25) is 0 Å². The standard InChI is InChI=1S/C3HBr5O.CH4N2S/c4-2(5)1(9)3(6,7)8;2-1(3)4/h2H;(H4,2,3,4). The number of nitrogens with two attached hydrogens (primary N) is 2. The zero-order valence-corrected chi connectivity index (χ0v) is 14.7. The van der Waals surface area contributed by atoms with E-state index in [2.05, 4.69) is 103 Å². The predicted molar refractivity (Wildman–Crippen MR) is 77.1 cm³/mol. The smallest absolute Gasteiger partial charge is 0.195 e. The average Bonchev–Trinajstić information content (AvgIpc) is 1.82. The van der Waals surface area contributed by atoms with Crippen molar-refractivity contribution in [1.82, 2.24) is 0 Å². The SMILES string of the molecule is NC(N)=S.O=C(C(Br)Br)C(Br)(Br)Br. The molecule has 0 saturated heterocycles. The fourth-order valence-corrected chi connectivity index (χ4v) is 3.34. The Morgan fingerprint density at radius 3 is 1.46 bits per heavy atom. The Morgan fingerprint density at radius 1 is 1.23 bits per heavy atom. The summed E-state index contributed by atoms with van der Waals surface area (Å²) in [5, 5.41) is 0.000000000000000222. The zero-order valence-electron chi connectivity index (χ0n) is 5.94. The fraction of sp³-hybridized carbons (Fsp3) is 0.500. The first-order valence-corrected chi connectivity index (χ1v) is 7.15. The number of hydrogen-bond donors (Lipinski definition) is 2. The number of carbonyl (C=O) groups excluding carboxylic acids is 1. The van der Waals surface area contributed by atoms with E-state index in [0.717, 1.165) is 0 Å². The van der Waals surface area contributed by atoms with Gasteiger partial charge in [-0.2, -0.15) is 0 Å². The van der Waals surface area contributed by atoms with Crippen molar-refractivity contribution in [2.24, 2.45) is 11.5 Å². The molecule has 0 saturated carbocycles. The minimum absolute atomic E-state index is 0.000000000000000222. The molecular formula is C4H5Br5N2OS. The minimum atomic E-state index is -0.815. The lowest BCUT2D eigenvalue weighted by Crippen LogP contribution is -2.22. The van der Waals surface area contributed by atoms with Crippen LogP contribution in [0.1, 0.15) is 0 Å². The van der Waals surface area contributed by atoms with Crippen LogP contribution in [0, 0.1) is 0 Å². The normalized spacial score (nSPS) is 10.3. The molecule has 0 fully saturated rings. The molecule has 13 heavy (non-hydrogen) atoms. The highest BCUT2D eigenvalue weighted by Crippen LogP contribution is 2.37. The van der Waals surface area contributed by atoms with Crippen molar-refractivity contribution in [2.45, 2.75) is 5.88 Å². The van der Waals surface area contributed by atoms with Crippen LogP contribution < -0.4 is 11.5 Å². The van der Waals surface area contributed by atoms with E-state index in [9.17, 15) is 4.79 Å². The van der Waals surface area contributed by atoms with E-state index in [1.54, 1.807) is 0 Å². The van der Waals surface area contributed by atoms with Crippen LogP contribution in [0.5, 0.6) is 0 Å². The number of alkyl halides is 5. The number of Topliss-reactive ketones (excluding diaryl/α,β-unsaturated/α-hetero) is 1. The van der Waals surface area contributed by atoms with Gasteiger partial charge in [0.25, 0.3) is 0 Å². The van der Waals surface area contributed by atoms with Crippen LogP contribution in [0.25, 0.3) is 0 Å². The Kier molecular flexibility index (Phi) is 10.5. The van der Waals surface area contributed by atoms with Gasteiger partial charge in [-0.15, -0.1) is 0 Å². The minimum Gasteiger partial charge on any atom is -0.377 e. The summed E-state index contributed by atoms with van der Waals surface area (Å²) in [6, 6.07) is 0. The molecule has 0 heterocycles. The van der Waals surface area contributed by atoms with Gasteiger partial charge in [-0.25, -0.2) is 0 Å². The molecule has 78 valence electrons. The maximum Gasteiger partial charge on any atom is 0.195 e. The summed E-state index contributed by atoms with van der Waals surface area (Å²) in [6.07, 6.45) is 0. The summed E-state index contributed by atoms with van der Waals surface area (Å²) in [6.45, 7) is 0. The summed E-state index contributed by atoms with van der Waals surface area (Å²) in [5.74, 6) is -0.0810. The lowest BCUT2D eigenvalue weighted by molar-refractivity contribution is -0.115. The van der Waals surface area contributed by atoms with E-state index < -0.39 is 2.14 Å². The van der Waals surface area contributed by atoms with Crippen LogP contribution in [0.4, 0.5) is 0 Å². The summed E-state index contributed by atoms with van der Waals surface area (Å²) in [7, 11) is 0. The van der Waals surface area contributed by atoms with Gasteiger partial charge in [-0.05, 0) is 12.2 Å². The zero-order chi connectivity index (χ0) is 11.2. The summed E-state index contributed by atoms with van der Waals surface area (Å²) in [5.41, 5.74) is 9.24. The highest BCUT2D eigenvalue weighted by atomic mass is 80.0. The number of ketones is 1. The topological polar surface area (TPSA) is 69.1 Å². The average molecular weight is 529 g/mol. The Morgan fingerprint density at radius 2 is 1.46 bits per heavy atom. The van der Waals surface area contributed by atoms with E-state index in [0.29, 0.717) is 0 Å². The predicted octanol–water partition coefficient (Wildman–Crippen LogP) is 2.70. The van der Waals surface area contributed by atoms with E-state index in [1.165, 1.54) is 0 Å². The quantitative estimate of drug-likeness (QED) is 0.406. The van der Waals surface area contributed by atoms with Gasteiger partial charge in [0, 0.05) is 0 Å². The third-order valence-corrected chi connectivity index (χ3v) is 2.48. The van der Waals surface area contributed by atoms with Crippen molar-refractivity contribution in [3.63, 3.8) is 0 Å². The summed E-state index contributed by atoms with van der Waals surface area (Å²) < 4.78 is -1.16. The molecule has 0 rings (SSSR count). The maximum absolute atomic E-state index is 10.9. The van der Waals surface area contributed by atoms with Crippen LogP contribution in [0.15, 0.2) is 0 Å². The van der Waals surface area contributed by atoms with Crippen LogP contribution in [-0.4, -0.2) is 16.8 Å². The van der Waals surface area contributed by atoms with E-state index >= 15 is 0 Å². The fourth-order valence-electron chi connectivity index (χ4n) is 0.124. The summed E-state index contributed by atoms with van der Waals surface area (Å²) >= 11 is 19.4. The van der Waals surface area contributed by atoms with Gasteiger partial charge in [-0.1, -0.05) is 79.6 Å². The number of halogens is 5. The lowest BCUT2D eigenvalue weighted by Gasteiger charge is -2.10. The van der Waals surface area contributed by atoms with Crippen molar-refractivity contribution >= 4 is 103 Å². The Labute approximate surface area is 123 Å². The van der Waals surface area contributed by atoms with E-state index in [1.807, 2.05) is 0 Å². The molecule has 0 aromatic rings. The molecule has 0 aliphatic carbocycles. The second-order valence-electron chi connectivity index (χ2n) is 1.57. The molecule has 9 heteroatoms. The van der Waals surface area contributed by atoms with Gasteiger partial charge in [0.2, 0.25) is 0 Å². The summed E-state index contributed by atoms with van der Waals surface area (Å²) in [4.78, 5) is 10.9. The Balaban J connectivity index is 0. The van der Waals surface area contributed by atoms with Gasteiger partial charge < -0.3 is 11.5 Å². The van der Waals surface area contributed by atoms with Crippen molar-refractivity contribution in [2.75, 3.05) is 0 Å². The molecule has 0 amide bonds. The number of hydrogen-bond acceptors (Lipinski definition) is 2. The molecule has 0 aliphatic heterocycles. The van der Waals surface area contributed by atoms with Crippen molar-refractivity contribution in [3.8, 4) is 0 Å². The first-order valence-electron chi connectivity index (χ1n) is 2.53. The second kappa shape index (κ2) is 7.98. The lowest BCUT2D eigenvalue weighted by atomic mass is 10.5. The monoisotopic (exact) mass is 524 g/mol. The largest absolute Gasteiger partial charge is 0.377 e. The third kappa shape index (κ3) is 13.8. The third-order valence-electron chi connectivity index (χ3n) is 0.478. The first kappa shape index (κ1) is 17.2. The van der Waals surface area contributed by atoms with Gasteiger partial charge in [-0.3, -0.25) is 4.79 Å². The molecule has 3 nitrogen and oxygen atoms in total. The second-order valence-corrected chi connectivity index (χ2v) is 11.9. The van der Waals surface area contributed by atoms with E-state index in [4.69, 9.17) is 0 Å². The van der Waals surface area contributed by atoms with Gasteiger partial charge in [0.15, 0.2) is 13.0 Å². The van der Waals surface area contributed by atoms with Gasteiger partial charge in [0.1, 0.15) is 3.74 Å². The maximum atomic E-state index is 10.9. The van der Waals surface area contributed by atoms with Crippen molar-refractivity contribution in [1.29, 1.82) is 0 Å². The van der Waals surface area contributed by atoms with Gasteiger partial charge >= 0.3 is 0 Å². The molecule has 0 aromatic carbocycles. The molecule has 0 unspecified atom stereocenters. The molecule has 0 spiro atoms. The highest BCUT2D eigenvalue weighted by molar-refractivity contribution is 9.40. The molecule has 0 aromatic heterocycles. The first-order chi connectivity index (χ1) is 5.59. The van der Waals surface area contributed by atoms with Crippen LogP contribution in [0.3, 0.4) is 0 Å². The molecule has 0 bridgehead atoms. The number of thiocarbonyl (C=S) groups is 1. The number of rotatable bonds is 1. The van der Waals surface area contributed by atoms with E-state index in [-0.39, 0.29) is 14.6 Å². The van der Waals surface area contributed by atoms with Crippen LogP contribution >= 0.6 is 91.9 Å². The number of carbonyl (C=O) groups is 1.